The topological polar surface area (TPSA) is 89.7 Å². The SMILES string of the molecule is C[C@H](NC(=O)OC(C)(C)C)c1nc(N2CCO[C@@H](C)C2)no1. The molecule has 8 heteroatoms. The number of hydrogen-bond donors (Lipinski definition) is 1. The van der Waals surface area contributed by atoms with Crippen LogP contribution in [0.25, 0.3) is 0 Å². The molecule has 2 heterocycles. The highest BCUT2D eigenvalue weighted by Gasteiger charge is 2.24. The van der Waals surface area contributed by atoms with Gasteiger partial charge in [-0.15, -0.1) is 0 Å². The highest BCUT2D eigenvalue weighted by atomic mass is 16.6. The predicted molar refractivity (Wildman–Crippen MR) is 79.7 cm³/mol. The average Bonchev–Trinajstić information content (AvgIpc) is 2.85. The van der Waals surface area contributed by atoms with Gasteiger partial charge < -0.3 is 24.2 Å². The second-order valence-corrected chi connectivity index (χ2v) is 6.43. The lowest BCUT2D eigenvalue weighted by Crippen LogP contribution is -2.41. The molecule has 1 aliphatic rings. The molecule has 8 nitrogen and oxygen atoms in total. The van der Waals surface area contributed by atoms with Crippen LogP contribution in [0.15, 0.2) is 4.52 Å². The third-order valence-electron chi connectivity index (χ3n) is 3.06. The van der Waals surface area contributed by atoms with E-state index in [0.717, 1.165) is 6.54 Å². The predicted octanol–water partition coefficient (Wildman–Crippen LogP) is 1.88. The molecule has 0 spiro atoms. The summed E-state index contributed by atoms with van der Waals surface area (Å²) in [5.41, 5.74) is -0.548. The molecule has 124 valence electrons. The van der Waals surface area contributed by atoms with E-state index in [9.17, 15) is 4.79 Å². The van der Waals surface area contributed by atoms with Crippen molar-refractivity contribution in [2.75, 3.05) is 24.6 Å². The van der Waals surface area contributed by atoms with Crippen molar-refractivity contribution in [2.45, 2.75) is 52.4 Å². The Morgan fingerprint density at radius 1 is 1.50 bits per heavy atom. The minimum Gasteiger partial charge on any atom is -0.444 e. The molecule has 0 radical (unpaired) electrons. The van der Waals surface area contributed by atoms with Gasteiger partial charge in [0.05, 0.1) is 12.7 Å². The first-order chi connectivity index (χ1) is 10.2. The molecule has 1 saturated heterocycles. The largest absolute Gasteiger partial charge is 0.444 e. The summed E-state index contributed by atoms with van der Waals surface area (Å²) in [5, 5.41) is 6.65. The summed E-state index contributed by atoms with van der Waals surface area (Å²) in [4.78, 5) is 18.1. The highest BCUT2D eigenvalue weighted by molar-refractivity contribution is 5.68. The first-order valence-corrected chi connectivity index (χ1v) is 7.44. The van der Waals surface area contributed by atoms with E-state index in [1.54, 1.807) is 6.92 Å². The van der Waals surface area contributed by atoms with Gasteiger partial charge in [0.1, 0.15) is 11.6 Å². The van der Waals surface area contributed by atoms with Crippen molar-refractivity contribution in [1.82, 2.24) is 15.5 Å². The zero-order valence-electron chi connectivity index (χ0n) is 13.8. The third kappa shape index (κ3) is 4.59. The quantitative estimate of drug-likeness (QED) is 0.911. The second-order valence-electron chi connectivity index (χ2n) is 6.43. The summed E-state index contributed by atoms with van der Waals surface area (Å²) in [6, 6.07) is -0.422. The number of amides is 1. The molecule has 1 fully saturated rings. The van der Waals surface area contributed by atoms with Crippen molar-refractivity contribution >= 4 is 12.0 Å². The molecule has 1 amide bonds. The van der Waals surface area contributed by atoms with Crippen LogP contribution in [0.1, 0.15) is 46.6 Å². The van der Waals surface area contributed by atoms with Gasteiger partial charge in [0.15, 0.2) is 0 Å². The first-order valence-electron chi connectivity index (χ1n) is 7.44. The lowest BCUT2D eigenvalue weighted by atomic mass is 10.2. The van der Waals surface area contributed by atoms with E-state index in [2.05, 4.69) is 15.5 Å². The molecule has 1 aromatic rings. The van der Waals surface area contributed by atoms with Gasteiger partial charge in [-0.1, -0.05) is 0 Å². The molecule has 0 bridgehead atoms. The number of ether oxygens (including phenoxy) is 2. The molecule has 0 aliphatic carbocycles. The average molecular weight is 312 g/mol. The number of carbonyl (C=O) groups excluding carboxylic acids is 1. The lowest BCUT2D eigenvalue weighted by molar-refractivity contribution is 0.0498. The summed E-state index contributed by atoms with van der Waals surface area (Å²) in [6.45, 7) is 11.3. The van der Waals surface area contributed by atoms with Crippen molar-refractivity contribution in [3.05, 3.63) is 5.89 Å². The Kier molecular flexibility index (Phi) is 4.90. The number of rotatable bonds is 3. The van der Waals surface area contributed by atoms with E-state index in [-0.39, 0.29) is 6.10 Å². The molecule has 22 heavy (non-hydrogen) atoms. The van der Waals surface area contributed by atoms with Gasteiger partial charge in [0.25, 0.3) is 11.8 Å². The number of aromatic nitrogens is 2. The fourth-order valence-electron chi connectivity index (χ4n) is 2.08. The van der Waals surface area contributed by atoms with Gasteiger partial charge in [-0.2, -0.15) is 4.98 Å². The zero-order chi connectivity index (χ0) is 16.3. The van der Waals surface area contributed by atoms with Crippen molar-refractivity contribution in [3.8, 4) is 0 Å². The maximum atomic E-state index is 11.7. The number of alkyl carbamates (subject to hydrolysis) is 1. The van der Waals surface area contributed by atoms with Gasteiger partial charge in [0.2, 0.25) is 0 Å². The number of nitrogens with zero attached hydrogens (tertiary/aromatic N) is 3. The van der Waals surface area contributed by atoms with Crippen LogP contribution in [0.4, 0.5) is 10.7 Å². The Morgan fingerprint density at radius 2 is 2.23 bits per heavy atom. The lowest BCUT2D eigenvalue weighted by Gasteiger charge is -2.29. The van der Waals surface area contributed by atoms with E-state index in [1.807, 2.05) is 32.6 Å². The van der Waals surface area contributed by atoms with Gasteiger partial charge in [0, 0.05) is 13.1 Å². The van der Waals surface area contributed by atoms with E-state index in [4.69, 9.17) is 14.0 Å². The van der Waals surface area contributed by atoms with Crippen LogP contribution in [-0.4, -0.2) is 47.6 Å². The van der Waals surface area contributed by atoms with Gasteiger partial charge >= 0.3 is 6.09 Å². The molecule has 2 atom stereocenters. The summed E-state index contributed by atoms with van der Waals surface area (Å²) < 4.78 is 15.9. The van der Waals surface area contributed by atoms with Crippen LogP contribution in [0, 0.1) is 0 Å². The van der Waals surface area contributed by atoms with Crippen molar-refractivity contribution in [2.24, 2.45) is 0 Å². The van der Waals surface area contributed by atoms with E-state index in [1.165, 1.54) is 0 Å². The summed E-state index contributed by atoms with van der Waals surface area (Å²) in [7, 11) is 0. The summed E-state index contributed by atoms with van der Waals surface area (Å²) in [6.07, 6.45) is -0.382. The number of anilines is 1. The number of morpholine rings is 1. The molecule has 0 saturated carbocycles. The van der Waals surface area contributed by atoms with Crippen molar-refractivity contribution in [1.29, 1.82) is 0 Å². The fraction of sp³-hybridized carbons (Fsp3) is 0.786. The molecule has 0 unspecified atom stereocenters. The Hall–Kier alpha value is -1.83. The van der Waals surface area contributed by atoms with Crippen LogP contribution in [-0.2, 0) is 9.47 Å². The van der Waals surface area contributed by atoms with Gasteiger partial charge in [-0.05, 0) is 39.8 Å². The normalized spacial score (nSPS) is 20.6. The Bertz CT molecular complexity index is 511. The van der Waals surface area contributed by atoms with Gasteiger partial charge in [-0.25, -0.2) is 4.79 Å². The highest BCUT2D eigenvalue weighted by Crippen LogP contribution is 2.18. The smallest absolute Gasteiger partial charge is 0.408 e. The Morgan fingerprint density at radius 3 is 2.86 bits per heavy atom. The zero-order valence-corrected chi connectivity index (χ0v) is 13.8. The Balaban J connectivity index is 1.94. The maximum absolute atomic E-state index is 11.7. The van der Waals surface area contributed by atoms with Crippen molar-refractivity contribution in [3.63, 3.8) is 0 Å². The van der Waals surface area contributed by atoms with Crippen LogP contribution < -0.4 is 10.2 Å². The molecule has 1 aromatic heterocycles. The van der Waals surface area contributed by atoms with Crippen LogP contribution in [0.3, 0.4) is 0 Å². The molecule has 2 rings (SSSR count). The van der Waals surface area contributed by atoms with Crippen molar-refractivity contribution < 1.29 is 18.8 Å². The Labute approximate surface area is 130 Å². The first kappa shape index (κ1) is 16.5. The molecular weight excluding hydrogens is 288 g/mol. The second kappa shape index (κ2) is 6.51. The maximum Gasteiger partial charge on any atom is 0.408 e. The van der Waals surface area contributed by atoms with E-state index >= 15 is 0 Å². The van der Waals surface area contributed by atoms with Crippen LogP contribution >= 0.6 is 0 Å². The minimum absolute atomic E-state index is 0.132. The summed E-state index contributed by atoms with van der Waals surface area (Å²) in [5.74, 6) is 0.864. The summed E-state index contributed by atoms with van der Waals surface area (Å²) >= 11 is 0. The van der Waals surface area contributed by atoms with Gasteiger partial charge in [-0.3, -0.25) is 0 Å². The number of hydrogen-bond acceptors (Lipinski definition) is 7. The van der Waals surface area contributed by atoms with Crippen LogP contribution in [0.5, 0.6) is 0 Å². The molecule has 1 N–H and O–H groups in total. The fourth-order valence-corrected chi connectivity index (χ4v) is 2.08. The molecular formula is C14H24N4O4. The van der Waals surface area contributed by atoms with Crippen LogP contribution in [0.2, 0.25) is 0 Å². The molecule has 0 aromatic carbocycles. The number of carbonyl (C=O) groups is 1. The standard InChI is InChI=1S/C14H24N4O4/c1-9-8-18(6-7-20-9)12-16-11(22-17-12)10(2)15-13(19)21-14(3,4)5/h9-10H,6-8H2,1-5H3,(H,15,19)/t9-,10-/m0/s1. The van der Waals surface area contributed by atoms with E-state index < -0.39 is 17.7 Å². The monoisotopic (exact) mass is 312 g/mol. The van der Waals surface area contributed by atoms with E-state index in [0.29, 0.717) is 25.0 Å². The minimum atomic E-state index is -0.548. The number of nitrogens with one attached hydrogen (secondary N) is 1. The molecule has 1 aliphatic heterocycles. The third-order valence-corrected chi connectivity index (χ3v) is 3.06.